The second-order valence-corrected chi connectivity index (χ2v) is 4.53. The van der Waals surface area contributed by atoms with Crippen molar-refractivity contribution in [3.8, 4) is 6.07 Å². The van der Waals surface area contributed by atoms with Crippen LogP contribution in [0.1, 0.15) is 6.92 Å². The van der Waals surface area contributed by atoms with Crippen LogP contribution in [-0.4, -0.2) is 54.0 Å². The quantitative estimate of drug-likeness (QED) is 0.799. The van der Waals surface area contributed by atoms with Crippen molar-refractivity contribution in [2.75, 3.05) is 26.2 Å². The Balaban J connectivity index is 2.38. The maximum absolute atomic E-state index is 12.3. The summed E-state index contributed by atoms with van der Waals surface area (Å²) in [6, 6.07) is 1.22. The third kappa shape index (κ3) is 3.85. The molecule has 1 aliphatic heterocycles. The van der Waals surface area contributed by atoms with Crippen LogP contribution in [-0.2, 0) is 9.53 Å². The van der Waals surface area contributed by atoms with E-state index in [0.717, 1.165) is 0 Å². The topological polar surface area (TPSA) is 73.6 Å². The van der Waals surface area contributed by atoms with Crippen LogP contribution < -0.4 is 0 Å². The molecular formula is C10H13F3N2O3. The van der Waals surface area contributed by atoms with Gasteiger partial charge in [0.25, 0.3) is 0 Å². The van der Waals surface area contributed by atoms with Gasteiger partial charge in [-0.3, -0.25) is 4.90 Å². The van der Waals surface area contributed by atoms with Crippen molar-refractivity contribution in [1.29, 1.82) is 5.26 Å². The third-order valence-electron chi connectivity index (χ3n) is 2.65. The summed E-state index contributed by atoms with van der Waals surface area (Å²) >= 11 is 0. The number of aliphatic carboxylic acids is 1. The summed E-state index contributed by atoms with van der Waals surface area (Å²) in [5, 5.41) is 16.9. The van der Waals surface area contributed by atoms with Crippen LogP contribution in [0.3, 0.4) is 0 Å². The SMILES string of the molecule is CC1(OCC(=O)O)CN(CC(C#N)C(F)(F)F)C1. The molecule has 1 saturated heterocycles. The largest absolute Gasteiger partial charge is 0.480 e. The van der Waals surface area contributed by atoms with Crippen molar-refractivity contribution >= 4 is 5.97 Å². The van der Waals surface area contributed by atoms with E-state index in [0.29, 0.717) is 0 Å². The lowest BCUT2D eigenvalue weighted by Gasteiger charge is -2.47. The maximum atomic E-state index is 12.3. The maximum Gasteiger partial charge on any atom is 0.405 e. The first kappa shape index (κ1) is 14.7. The summed E-state index contributed by atoms with van der Waals surface area (Å²) in [4.78, 5) is 11.7. The summed E-state index contributed by atoms with van der Waals surface area (Å²) in [6.07, 6.45) is -4.54. The Morgan fingerprint density at radius 3 is 2.56 bits per heavy atom. The van der Waals surface area contributed by atoms with E-state index < -0.39 is 36.8 Å². The van der Waals surface area contributed by atoms with E-state index in [-0.39, 0.29) is 13.1 Å². The van der Waals surface area contributed by atoms with Gasteiger partial charge >= 0.3 is 12.1 Å². The average Bonchev–Trinajstić information content (AvgIpc) is 2.18. The lowest BCUT2D eigenvalue weighted by Crippen LogP contribution is -2.63. The monoisotopic (exact) mass is 266 g/mol. The van der Waals surface area contributed by atoms with Gasteiger partial charge < -0.3 is 9.84 Å². The number of carbonyl (C=O) groups is 1. The van der Waals surface area contributed by atoms with Gasteiger partial charge in [0.2, 0.25) is 0 Å². The Kier molecular flexibility index (Phi) is 4.19. The molecule has 0 aromatic carbocycles. The Labute approximate surface area is 102 Å². The molecule has 1 unspecified atom stereocenters. The molecule has 0 spiro atoms. The number of likely N-dealkylation sites (tertiary alicyclic amines) is 1. The summed E-state index contributed by atoms with van der Waals surface area (Å²) < 4.78 is 42.0. The van der Waals surface area contributed by atoms with Crippen LogP contribution in [0.4, 0.5) is 13.2 Å². The number of rotatable bonds is 5. The molecule has 0 bridgehead atoms. The van der Waals surface area contributed by atoms with Crippen molar-refractivity contribution in [2.45, 2.75) is 18.7 Å². The molecule has 0 aromatic rings. The van der Waals surface area contributed by atoms with Crippen LogP contribution in [0.25, 0.3) is 0 Å². The average molecular weight is 266 g/mol. The molecule has 1 atom stereocenters. The highest BCUT2D eigenvalue weighted by molar-refractivity contribution is 5.68. The van der Waals surface area contributed by atoms with Gasteiger partial charge in [0.05, 0.1) is 11.7 Å². The number of nitrogens with zero attached hydrogens (tertiary/aromatic N) is 2. The lowest BCUT2D eigenvalue weighted by atomic mass is 9.94. The van der Waals surface area contributed by atoms with E-state index in [2.05, 4.69) is 0 Å². The van der Waals surface area contributed by atoms with Gasteiger partial charge in [0, 0.05) is 19.6 Å². The van der Waals surface area contributed by atoms with Gasteiger partial charge in [0.1, 0.15) is 6.61 Å². The number of nitriles is 1. The Morgan fingerprint density at radius 1 is 1.61 bits per heavy atom. The van der Waals surface area contributed by atoms with E-state index in [1.807, 2.05) is 0 Å². The van der Waals surface area contributed by atoms with E-state index in [1.165, 1.54) is 11.0 Å². The minimum absolute atomic E-state index is 0.189. The highest BCUT2D eigenvalue weighted by atomic mass is 19.4. The zero-order chi connectivity index (χ0) is 14.0. The van der Waals surface area contributed by atoms with Gasteiger partial charge in [-0.1, -0.05) is 0 Å². The second-order valence-electron chi connectivity index (χ2n) is 4.53. The number of hydrogen-bond acceptors (Lipinski definition) is 4. The van der Waals surface area contributed by atoms with Crippen LogP contribution in [0.15, 0.2) is 0 Å². The number of carboxylic acids is 1. The zero-order valence-electron chi connectivity index (χ0n) is 9.70. The van der Waals surface area contributed by atoms with Gasteiger partial charge in [-0.25, -0.2) is 4.79 Å². The number of hydrogen-bond donors (Lipinski definition) is 1. The van der Waals surface area contributed by atoms with Gasteiger partial charge in [-0.2, -0.15) is 18.4 Å². The number of alkyl halides is 3. The number of carboxylic acid groups (broad SMARTS) is 1. The first-order valence-electron chi connectivity index (χ1n) is 5.21. The van der Waals surface area contributed by atoms with Crippen molar-refractivity contribution in [3.63, 3.8) is 0 Å². The molecule has 5 nitrogen and oxygen atoms in total. The molecular weight excluding hydrogens is 253 g/mol. The minimum Gasteiger partial charge on any atom is -0.480 e. The molecule has 1 fully saturated rings. The van der Waals surface area contributed by atoms with Crippen molar-refractivity contribution in [2.24, 2.45) is 5.92 Å². The van der Waals surface area contributed by atoms with E-state index in [9.17, 15) is 18.0 Å². The van der Waals surface area contributed by atoms with Crippen molar-refractivity contribution in [1.82, 2.24) is 4.90 Å². The first-order chi connectivity index (χ1) is 8.16. The van der Waals surface area contributed by atoms with Crippen LogP contribution in [0, 0.1) is 17.2 Å². The molecule has 0 amide bonds. The fraction of sp³-hybridized carbons (Fsp3) is 0.800. The molecule has 1 heterocycles. The molecule has 0 aromatic heterocycles. The minimum atomic E-state index is -4.54. The molecule has 0 saturated carbocycles. The second kappa shape index (κ2) is 5.12. The first-order valence-corrected chi connectivity index (χ1v) is 5.21. The van der Waals surface area contributed by atoms with E-state index in [4.69, 9.17) is 15.1 Å². The third-order valence-corrected chi connectivity index (χ3v) is 2.65. The Hall–Kier alpha value is -1.33. The van der Waals surface area contributed by atoms with E-state index >= 15 is 0 Å². The van der Waals surface area contributed by atoms with Crippen LogP contribution in [0.2, 0.25) is 0 Å². The summed E-state index contributed by atoms with van der Waals surface area (Å²) in [6.45, 7) is 1.11. The van der Waals surface area contributed by atoms with Crippen molar-refractivity contribution in [3.05, 3.63) is 0 Å². The molecule has 8 heteroatoms. The standard InChI is InChI=1S/C10H13F3N2O3/c1-9(18-4-8(16)17)5-15(6-9)3-7(2-14)10(11,12)13/h7H,3-6H2,1H3,(H,16,17). The zero-order valence-corrected chi connectivity index (χ0v) is 9.70. The molecule has 0 radical (unpaired) electrons. The van der Waals surface area contributed by atoms with Crippen LogP contribution >= 0.6 is 0 Å². The highest BCUT2D eigenvalue weighted by Gasteiger charge is 2.46. The van der Waals surface area contributed by atoms with Crippen LogP contribution in [0.5, 0.6) is 0 Å². The number of ether oxygens (including phenoxy) is 1. The predicted octanol–water partition coefficient (Wildman–Crippen LogP) is 0.864. The van der Waals surface area contributed by atoms with Gasteiger partial charge in [0.15, 0.2) is 5.92 Å². The van der Waals surface area contributed by atoms with Crippen molar-refractivity contribution < 1.29 is 27.8 Å². The smallest absolute Gasteiger partial charge is 0.405 e. The molecule has 0 aliphatic carbocycles. The summed E-state index contributed by atoms with van der Waals surface area (Å²) in [7, 11) is 0. The molecule has 102 valence electrons. The fourth-order valence-electron chi connectivity index (χ4n) is 1.83. The lowest BCUT2D eigenvalue weighted by molar-refractivity contribution is -0.186. The summed E-state index contributed by atoms with van der Waals surface area (Å²) in [5.74, 6) is -3.15. The highest BCUT2D eigenvalue weighted by Crippen LogP contribution is 2.31. The fourth-order valence-corrected chi connectivity index (χ4v) is 1.83. The molecule has 18 heavy (non-hydrogen) atoms. The Bertz CT molecular complexity index is 358. The number of halogens is 3. The molecule has 1 N–H and O–H groups in total. The molecule has 1 rings (SSSR count). The Morgan fingerprint density at radius 2 is 2.17 bits per heavy atom. The normalized spacial score (nSPS) is 20.8. The van der Waals surface area contributed by atoms with Gasteiger partial charge in [-0.05, 0) is 6.92 Å². The van der Waals surface area contributed by atoms with E-state index in [1.54, 1.807) is 6.92 Å². The summed E-state index contributed by atoms with van der Waals surface area (Å²) in [5.41, 5.74) is -0.746. The van der Waals surface area contributed by atoms with Gasteiger partial charge in [-0.15, -0.1) is 0 Å². The predicted molar refractivity (Wildman–Crippen MR) is 53.6 cm³/mol. The molecule has 1 aliphatic rings.